The van der Waals surface area contributed by atoms with Crippen molar-refractivity contribution in [2.45, 2.75) is 33.4 Å². The number of nitrogens with one attached hydrogen (secondary N) is 2. The Morgan fingerprint density at radius 2 is 1.95 bits per heavy atom. The van der Waals surface area contributed by atoms with Gasteiger partial charge < -0.3 is 10.4 Å². The molecule has 8 nitrogen and oxygen atoms in total. The quantitative estimate of drug-likeness (QED) is 0.664. The van der Waals surface area contributed by atoms with E-state index in [-0.39, 0.29) is 0 Å². The molecule has 1 atom stereocenters. The lowest BCUT2D eigenvalue weighted by molar-refractivity contribution is -0.145. The Morgan fingerprint density at radius 1 is 1.35 bits per heavy atom. The molecule has 1 heterocycles. The van der Waals surface area contributed by atoms with Crippen molar-refractivity contribution in [2.75, 3.05) is 0 Å². The van der Waals surface area contributed by atoms with Crippen molar-refractivity contribution < 1.29 is 14.7 Å². The smallest absolute Gasteiger partial charge is 0.326 e. The summed E-state index contributed by atoms with van der Waals surface area (Å²) in [5, 5.41) is 13.6. The standard InChI is InChI=1S/C12H17N3O5/c1-12(2,3)10(11(19)20)13-8(17)6-15-9(18)5-4-7(16)14-15/h4-5,10H,6H2,1-3H3,(H,13,17)(H,14,16)(H,19,20)/t10-/m1/s1. The van der Waals surface area contributed by atoms with Gasteiger partial charge in [0, 0.05) is 12.1 Å². The highest BCUT2D eigenvalue weighted by molar-refractivity contribution is 5.83. The van der Waals surface area contributed by atoms with E-state index in [1.165, 1.54) is 0 Å². The molecule has 1 aromatic heterocycles. The average molecular weight is 283 g/mol. The predicted octanol–water partition coefficient (Wildman–Crippen LogP) is -0.848. The second kappa shape index (κ2) is 5.72. The van der Waals surface area contributed by atoms with Crippen LogP contribution in [0.4, 0.5) is 0 Å². The molecule has 0 radical (unpaired) electrons. The van der Waals surface area contributed by atoms with Gasteiger partial charge in [-0.3, -0.25) is 19.5 Å². The van der Waals surface area contributed by atoms with Crippen LogP contribution in [0, 0.1) is 5.41 Å². The predicted molar refractivity (Wildman–Crippen MR) is 70.3 cm³/mol. The molecule has 0 bridgehead atoms. The van der Waals surface area contributed by atoms with Crippen LogP contribution < -0.4 is 16.4 Å². The molecule has 20 heavy (non-hydrogen) atoms. The Balaban J connectivity index is 2.87. The second-order valence-electron chi connectivity index (χ2n) is 5.44. The van der Waals surface area contributed by atoms with E-state index in [9.17, 15) is 19.2 Å². The van der Waals surface area contributed by atoms with Gasteiger partial charge in [-0.05, 0) is 5.41 Å². The van der Waals surface area contributed by atoms with Gasteiger partial charge >= 0.3 is 5.97 Å². The topological polar surface area (TPSA) is 121 Å². The summed E-state index contributed by atoms with van der Waals surface area (Å²) in [6.07, 6.45) is 0. The minimum Gasteiger partial charge on any atom is -0.480 e. The van der Waals surface area contributed by atoms with Crippen LogP contribution >= 0.6 is 0 Å². The molecule has 1 amide bonds. The number of nitrogens with zero attached hydrogens (tertiary/aromatic N) is 1. The van der Waals surface area contributed by atoms with Crippen LogP contribution in [0.25, 0.3) is 0 Å². The van der Waals surface area contributed by atoms with Crippen molar-refractivity contribution in [3.8, 4) is 0 Å². The van der Waals surface area contributed by atoms with Crippen molar-refractivity contribution in [2.24, 2.45) is 5.41 Å². The molecule has 8 heteroatoms. The van der Waals surface area contributed by atoms with Crippen LogP contribution in [0.2, 0.25) is 0 Å². The largest absolute Gasteiger partial charge is 0.480 e. The normalized spacial score (nSPS) is 12.8. The van der Waals surface area contributed by atoms with Crippen LogP contribution in [0.1, 0.15) is 20.8 Å². The van der Waals surface area contributed by atoms with E-state index in [0.29, 0.717) is 0 Å². The Hall–Kier alpha value is -2.38. The van der Waals surface area contributed by atoms with E-state index in [1.807, 2.05) is 0 Å². The number of carbonyl (C=O) groups excluding carboxylic acids is 1. The Labute approximate surface area is 114 Å². The third kappa shape index (κ3) is 4.08. The number of carboxylic acid groups (broad SMARTS) is 1. The van der Waals surface area contributed by atoms with Gasteiger partial charge in [0.15, 0.2) is 0 Å². The minimum absolute atomic E-state index is 0.450. The highest BCUT2D eigenvalue weighted by Gasteiger charge is 2.32. The lowest BCUT2D eigenvalue weighted by atomic mass is 9.87. The summed E-state index contributed by atoms with van der Waals surface area (Å²) >= 11 is 0. The van der Waals surface area contributed by atoms with Crippen molar-refractivity contribution >= 4 is 11.9 Å². The highest BCUT2D eigenvalue weighted by Crippen LogP contribution is 2.19. The van der Waals surface area contributed by atoms with Crippen LogP contribution in [0.15, 0.2) is 21.7 Å². The second-order valence-corrected chi connectivity index (χ2v) is 5.44. The van der Waals surface area contributed by atoms with Crippen LogP contribution in [-0.4, -0.2) is 32.8 Å². The monoisotopic (exact) mass is 283 g/mol. The molecule has 0 aliphatic heterocycles. The molecule has 110 valence electrons. The van der Waals surface area contributed by atoms with Gasteiger partial charge in [0.2, 0.25) is 5.91 Å². The van der Waals surface area contributed by atoms with E-state index < -0.39 is 41.0 Å². The van der Waals surface area contributed by atoms with Crippen molar-refractivity contribution in [1.29, 1.82) is 0 Å². The zero-order valence-corrected chi connectivity index (χ0v) is 11.5. The summed E-state index contributed by atoms with van der Waals surface area (Å²) in [5.74, 6) is -1.84. The molecule has 0 aliphatic carbocycles. The SMILES string of the molecule is CC(C)(C)[C@H](NC(=O)Cn1[nH]c(=O)ccc1=O)C(=O)O. The maximum Gasteiger partial charge on any atom is 0.326 e. The summed E-state index contributed by atoms with van der Waals surface area (Å²) < 4.78 is 0.819. The Morgan fingerprint density at radius 3 is 2.45 bits per heavy atom. The fraction of sp³-hybridized carbons (Fsp3) is 0.500. The first-order chi connectivity index (χ1) is 9.11. The third-order valence-electron chi connectivity index (χ3n) is 2.61. The van der Waals surface area contributed by atoms with E-state index in [1.54, 1.807) is 20.8 Å². The van der Waals surface area contributed by atoms with Gasteiger partial charge in [0.1, 0.15) is 12.6 Å². The van der Waals surface area contributed by atoms with Crippen molar-refractivity contribution in [3.05, 3.63) is 32.8 Å². The molecule has 0 saturated carbocycles. The highest BCUT2D eigenvalue weighted by atomic mass is 16.4. The molecule has 1 aromatic rings. The summed E-state index contributed by atoms with van der Waals surface area (Å²) in [6.45, 7) is 4.56. The van der Waals surface area contributed by atoms with Gasteiger partial charge in [-0.15, -0.1) is 0 Å². The third-order valence-corrected chi connectivity index (χ3v) is 2.61. The van der Waals surface area contributed by atoms with Crippen LogP contribution in [-0.2, 0) is 16.1 Å². The van der Waals surface area contributed by atoms with E-state index in [0.717, 1.165) is 16.8 Å². The summed E-state index contributed by atoms with van der Waals surface area (Å²) in [5.41, 5.74) is -1.76. The Kier molecular flexibility index (Phi) is 4.49. The van der Waals surface area contributed by atoms with E-state index in [2.05, 4.69) is 10.4 Å². The number of hydrogen-bond donors (Lipinski definition) is 3. The molecule has 0 aromatic carbocycles. The number of aromatic nitrogens is 2. The fourth-order valence-electron chi connectivity index (χ4n) is 1.58. The molecule has 0 spiro atoms. The van der Waals surface area contributed by atoms with Gasteiger partial charge in [-0.2, -0.15) is 0 Å². The Bertz CT molecular complexity index is 623. The first kappa shape index (κ1) is 15.7. The summed E-state index contributed by atoms with van der Waals surface area (Å²) in [6, 6.07) is 0.984. The number of H-pyrrole nitrogens is 1. The van der Waals surface area contributed by atoms with Gasteiger partial charge in [-0.1, -0.05) is 20.8 Å². The number of carbonyl (C=O) groups is 2. The molecule has 1 rings (SSSR count). The molecule has 0 fully saturated rings. The lowest BCUT2D eigenvalue weighted by Crippen LogP contribution is -2.50. The zero-order chi connectivity index (χ0) is 15.5. The molecule has 0 saturated heterocycles. The lowest BCUT2D eigenvalue weighted by Gasteiger charge is -2.27. The molecule has 3 N–H and O–H groups in total. The van der Waals surface area contributed by atoms with Gasteiger partial charge in [-0.25, -0.2) is 9.48 Å². The van der Waals surface area contributed by atoms with Crippen LogP contribution in [0.3, 0.4) is 0 Å². The summed E-state index contributed by atoms with van der Waals surface area (Å²) in [4.78, 5) is 45.4. The zero-order valence-electron chi connectivity index (χ0n) is 11.5. The fourth-order valence-corrected chi connectivity index (χ4v) is 1.58. The number of amides is 1. The first-order valence-corrected chi connectivity index (χ1v) is 5.93. The van der Waals surface area contributed by atoms with Crippen molar-refractivity contribution in [1.82, 2.24) is 15.1 Å². The van der Waals surface area contributed by atoms with Crippen molar-refractivity contribution in [3.63, 3.8) is 0 Å². The minimum atomic E-state index is -1.17. The first-order valence-electron chi connectivity index (χ1n) is 5.93. The molecular formula is C12H17N3O5. The molecule has 0 unspecified atom stereocenters. The number of carboxylic acids is 1. The number of aliphatic carboxylic acids is 1. The average Bonchev–Trinajstić information content (AvgIpc) is 2.29. The van der Waals surface area contributed by atoms with Gasteiger partial charge in [0.25, 0.3) is 11.1 Å². The maximum absolute atomic E-state index is 11.8. The number of hydrogen-bond acceptors (Lipinski definition) is 4. The molecule has 0 aliphatic rings. The van der Waals surface area contributed by atoms with E-state index >= 15 is 0 Å². The summed E-state index contributed by atoms with van der Waals surface area (Å²) in [7, 11) is 0. The van der Waals surface area contributed by atoms with Gasteiger partial charge in [0.05, 0.1) is 0 Å². The number of rotatable bonds is 4. The number of aromatic amines is 1. The maximum atomic E-state index is 11.8. The van der Waals surface area contributed by atoms with Crippen LogP contribution in [0.5, 0.6) is 0 Å². The van der Waals surface area contributed by atoms with E-state index in [4.69, 9.17) is 5.11 Å². The molecular weight excluding hydrogens is 266 g/mol.